The topological polar surface area (TPSA) is 51.6 Å². The van der Waals surface area contributed by atoms with E-state index in [2.05, 4.69) is 146 Å². The van der Waals surface area contributed by atoms with Crippen molar-refractivity contribution in [2.75, 3.05) is 0 Å². The molecule has 9 aromatic carbocycles. The zero-order chi connectivity index (χ0) is 40.1. The van der Waals surface area contributed by atoms with Crippen molar-refractivity contribution in [2.24, 2.45) is 0 Å². The minimum Gasteiger partial charge on any atom is -0.236 e. The molecule has 0 radical (unpaired) electrons. The molecule has 13 rings (SSSR count). The maximum absolute atomic E-state index is 5.31. The van der Waals surface area contributed by atoms with Gasteiger partial charge < -0.3 is 0 Å². The highest BCUT2D eigenvalue weighted by Crippen LogP contribution is 2.61. The Kier molecular flexibility index (Phi) is 7.19. The van der Waals surface area contributed by atoms with E-state index in [4.69, 9.17) is 19.9 Å². The smallest absolute Gasteiger partial charge is 0.160 e. The largest absolute Gasteiger partial charge is 0.236 e. The van der Waals surface area contributed by atoms with Crippen LogP contribution in [0.1, 0.15) is 33.4 Å². The highest BCUT2D eigenvalue weighted by atomic mass is 14.9. The van der Waals surface area contributed by atoms with Crippen molar-refractivity contribution in [3.05, 3.63) is 228 Å². The van der Waals surface area contributed by atoms with Crippen molar-refractivity contribution >= 4 is 44.5 Å². The molecule has 4 heteroatoms. The van der Waals surface area contributed by atoms with Gasteiger partial charge in [-0.1, -0.05) is 176 Å². The summed E-state index contributed by atoms with van der Waals surface area (Å²) in [6, 6.07) is 65.7. The standard InChI is InChI=1S/C57H34N4/c1-3-13-39(14-4-1)55-58-33-43(34-59-55)51-32-50(60-56(61-51)40-15-5-2-6-16-40)41-26-24-36-23-22-35-12-7-9-20-46(35)57(48(36)30-41)47-21-10-8-19-44(47)54-45-29-28-38-18-11-17-37-25-27-42(31-49(54)57)53(45)52(37)38/h1-34H. The molecule has 61 heavy (non-hydrogen) atoms. The molecule has 0 saturated carbocycles. The first-order valence-corrected chi connectivity index (χ1v) is 20.8. The maximum atomic E-state index is 5.31. The van der Waals surface area contributed by atoms with Crippen LogP contribution in [0.25, 0.3) is 101 Å². The molecule has 2 heterocycles. The Morgan fingerprint density at radius 2 is 0.984 bits per heavy atom. The van der Waals surface area contributed by atoms with E-state index in [1.807, 2.05) is 60.9 Å². The van der Waals surface area contributed by atoms with E-state index in [9.17, 15) is 0 Å². The average Bonchev–Trinajstić information content (AvgIpc) is 3.54. The van der Waals surface area contributed by atoms with E-state index < -0.39 is 5.41 Å². The van der Waals surface area contributed by atoms with E-state index in [-0.39, 0.29) is 0 Å². The first-order chi connectivity index (χ1) is 30.2. The summed E-state index contributed by atoms with van der Waals surface area (Å²) in [5.41, 5.74) is 14.8. The summed E-state index contributed by atoms with van der Waals surface area (Å²) in [6.45, 7) is 0. The van der Waals surface area contributed by atoms with Crippen LogP contribution in [0.5, 0.6) is 0 Å². The predicted octanol–water partition coefficient (Wildman–Crippen LogP) is 13.7. The van der Waals surface area contributed by atoms with Gasteiger partial charge in [-0.05, 0) is 95.0 Å². The summed E-state index contributed by atoms with van der Waals surface area (Å²) in [5.74, 6) is 1.32. The molecule has 11 aromatic rings. The van der Waals surface area contributed by atoms with Gasteiger partial charge in [0.05, 0.1) is 16.8 Å². The minimum atomic E-state index is -0.624. The van der Waals surface area contributed by atoms with Gasteiger partial charge in [-0.15, -0.1) is 0 Å². The molecule has 2 aromatic heterocycles. The van der Waals surface area contributed by atoms with Crippen LogP contribution in [0.15, 0.2) is 194 Å². The number of hydrogen-bond acceptors (Lipinski definition) is 4. The molecule has 1 unspecified atom stereocenters. The number of hydrogen-bond donors (Lipinski definition) is 0. The summed E-state index contributed by atoms with van der Waals surface area (Å²) in [5, 5.41) is 7.76. The van der Waals surface area contributed by atoms with Crippen molar-refractivity contribution in [1.82, 2.24) is 19.9 Å². The molecule has 1 atom stereocenters. The normalized spacial score (nSPS) is 14.9. The Balaban J connectivity index is 1.08. The number of nitrogens with zero attached hydrogens (tertiary/aromatic N) is 4. The van der Waals surface area contributed by atoms with E-state index >= 15 is 0 Å². The molecule has 0 saturated heterocycles. The highest BCUT2D eigenvalue weighted by Gasteiger charge is 2.49. The van der Waals surface area contributed by atoms with Crippen molar-refractivity contribution < 1.29 is 0 Å². The van der Waals surface area contributed by atoms with Crippen LogP contribution >= 0.6 is 0 Å². The van der Waals surface area contributed by atoms with E-state index in [0.717, 1.165) is 33.6 Å². The Morgan fingerprint density at radius 1 is 0.361 bits per heavy atom. The fourth-order valence-electron chi connectivity index (χ4n) is 10.3. The van der Waals surface area contributed by atoms with Crippen LogP contribution in [0.3, 0.4) is 0 Å². The van der Waals surface area contributed by atoms with Gasteiger partial charge in [-0.25, -0.2) is 19.9 Å². The van der Waals surface area contributed by atoms with Crippen molar-refractivity contribution in [3.63, 3.8) is 0 Å². The van der Waals surface area contributed by atoms with Crippen LogP contribution in [0.4, 0.5) is 0 Å². The van der Waals surface area contributed by atoms with Gasteiger partial charge in [0, 0.05) is 34.6 Å². The van der Waals surface area contributed by atoms with Crippen LogP contribution in [0, 0.1) is 0 Å². The third kappa shape index (κ3) is 4.93. The van der Waals surface area contributed by atoms with E-state index in [1.165, 1.54) is 76.8 Å². The minimum absolute atomic E-state index is 0.624. The maximum Gasteiger partial charge on any atom is 0.160 e. The summed E-state index contributed by atoms with van der Waals surface area (Å²) in [7, 11) is 0. The van der Waals surface area contributed by atoms with Gasteiger partial charge >= 0.3 is 0 Å². The number of fused-ring (bicyclic) bond motifs is 10. The summed E-state index contributed by atoms with van der Waals surface area (Å²) in [4.78, 5) is 20.0. The molecule has 4 nitrogen and oxygen atoms in total. The number of benzene rings is 9. The Morgan fingerprint density at radius 3 is 1.75 bits per heavy atom. The molecule has 0 bridgehead atoms. The van der Waals surface area contributed by atoms with Gasteiger partial charge in [0.25, 0.3) is 0 Å². The first-order valence-electron chi connectivity index (χ1n) is 20.8. The van der Waals surface area contributed by atoms with Crippen molar-refractivity contribution in [2.45, 2.75) is 5.41 Å². The van der Waals surface area contributed by atoms with Crippen molar-refractivity contribution in [3.8, 4) is 56.4 Å². The summed E-state index contributed by atoms with van der Waals surface area (Å²) in [6.07, 6.45) is 8.33. The zero-order valence-electron chi connectivity index (χ0n) is 32.9. The number of aromatic nitrogens is 4. The molecule has 2 aliphatic carbocycles. The van der Waals surface area contributed by atoms with Gasteiger partial charge in [-0.2, -0.15) is 0 Å². The quantitative estimate of drug-likeness (QED) is 0.167. The molecule has 0 fully saturated rings. The lowest BCUT2D eigenvalue weighted by Crippen LogP contribution is -2.30. The van der Waals surface area contributed by atoms with Crippen LogP contribution < -0.4 is 0 Å². The Hall–Kier alpha value is -8.08. The molecule has 2 aliphatic rings. The first kappa shape index (κ1) is 33.8. The molecule has 282 valence electrons. The van der Waals surface area contributed by atoms with E-state index in [0.29, 0.717) is 11.6 Å². The van der Waals surface area contributed by atoms with Gasteiger partial charge in [0.1, 0.15) is 0 Å². The van der Waals surface area contributed by atoms with Crippen molar-refractivity contribution in [1.29, 1.82) is 0 Å². The second kappa shape index (κ2) is 13.0. The lowest BCUT2D eigenvalue weighted by molar-refractivity contribution is 0.768. The Labute approximate surface area is 352 Å². The van der Waals surface area contributed by atoms with Gasteiger partial charge in [0.2, 0.25) is 0 Å². The third-order valence-corrected chi connectivity index (χ3v) is 12.9. The third-order valence-electron chi connectivity index (χ3n) is 12.9. The van der Waals surface area contributed by atoms with Crippen LogP contribution in [-0.2, 0) is 5.41 Å². The molecular formula is C57H34N4. The monoisotopic (exact) mass is 774 g/mol. The lowest BCUT2D eigenvalue weighted by Gasteiger charge is -2.36. The molecule has 0 N–H and O–H groups in total. The van der Waals surface area contributed by atoms with Crippen LogP contribution in [0.2, 0.25) is 0 Å². The SMILES string of the molecule is C1=Cc2ccc(-c3cc(-c4cnc(-c5ccccc5)nc4)nc(-c4ccccc4)n3)cc2C2(c3ccccc31)c1ccccc1-c1c2cc2ccc3cccc4ccc1c2c34. The highest BCUT2D eigenvalue weighted by molar-refractivity contribution is 6.27. The van der Waals surface area contributed by atoms with E-state index in [1.54, 1.807) is 0 Å². The van der Waals surface area contributed by atoms with Gasteiger partial charge in [0.15, 0.2) is 11.6 Å². The van der Waals surface area contributed by atoms with Gasteiger partial charge in [-0.3, -0.25) is 0 Å². The predicted molar refractivity (Wildman–Crippen MR) is 249 cm³/mol. The molecular weight excluding hydrogens is 741 g/mol. The number of rotatable bonds is 4. The second-order valence-corrected chi connectivity index (χ2v) is 16.2. The summed E-state index contributed by atoms with van der Waals surface area (Å²) < 4.78 is 0. The molecule has 1 spiro atoms. The second-order valence-electron chi connectivity index (χ2n) is 16.2. The molecule has 0 amide bonds. The Bertz CT molecular complexity index is 3560. The lowest BCUT2D eigenvalue weighted by atomic mass is 9.65. The van der Waals surface area contributed by atoms with Crippen LogP contribution in [-0.4, -0.2) is 19.9 Å². The zero-order valence-corrected chi connectivity index (χ0v) is 32.9. The fourth-order valence-corrected chi connectivity index (χ4v) is 10.3. The fraction of sp³-hybridized carbons (Fsp3) is 0.0175. The average molecular weight is 775 g/mol. The molecule has 0 aliphatic heterocycles. The summed E-state index contributed by atoms with van der Waals surface area (Å²) >= 11 is 0.